The van der Waals surface area contributed by atoms with Gasteiger partial charge in [0.05, 0.1) is 39.1 Å². The molecule has 0 saturated heterocycles. The van der Waals surface area contributed by atoms with Crippen molar-refractivity contribution < 1.29 is 0 Å². The summed E-state index contributed by atoms with van der Waals surface area (Å²) in [4.78, 5) is 9.38. The van der Waals surface area contributed by atoms with Gasteiger partial charge in [0.1, 0.15) is 0 Å². The Kier molecular flexibility index (Phi) is 6.46. The standard InChI is InChI=1S/C46H30N4/c1-3-11-31(12-4-1)41-29-36(30-42(48-41)32-23-25-47-26-24-32)50-44-18-10-8-16-38(44)40-27-33(20-22-45(40)50)34-19-21-39-37-15-7-9-17-43(37)49(46(39)28-34)35-13-5-2-6-14-35/h1-30H. The third kappa shape index (κ3) is 4.54. The van der Waals surface area contributed by atoms with Gasteiger partial charge in [-0.05, 0) is 77.9 Å². The first-order valence-corrected chi connectivity index (χ1v) is 16.9. The number of aromatic nitrogens is 4. The van der Waals surface area contributed by atoms with Gasteiger partial charge in [0.2, 0.25) is 0 Å². The Bertz CT molecular complexity index is 2790. The molecule has 234 valence electrons. The maximum Gasteiger partial charge on any atom is 0.0731 e. The third-order valence-electron chi connectivity index (χ3n) is 9.81. The minimum Gasteiger partial charge on any atom is -0.309 e. The van der Waals surface area contributed by atoms with Crippen molar-refractivity contribution in [3.8, 4) is 45.0 Å². The molecule has 0 unspecified atom stereocenters. The van der Waals surface area contributed by atoms with Crippen LogP contribution in [0.15, 0.2) is 182 Å². The topological polar surface area (TPSA) is 35.6 Å². The average molecular weight is 639 g/mol. The quantitative estimate of drug-likeness (QED) is 0.188. The molecule has 0 spiro atoms. The lowest BCUT2D eigenvalue weighted by Gasteiger charge is -2.13. The number of fused-ring (bicyclic) bond motifs is 6. The normalized spacial score (nSPS) is 11.6. The molecule has 0 radical (unpaired) electrons. The summed E-state index contributed by atoms with van der Waals surface area (Å²) in [5, 5.41) is 4.94. The van der Waals surface area contributed by atoms with Gasteiger partial charge in [0.25, 0.3) is 0 Å². The van der Waals surface area contributed by atoms with E-state index in [4.69, 9.17) is 4.98 Å². The predicted octanol–water partition coefficient (Wildman–Crippen LogP) is 11.7. The Morgan fingerprint density at radius 3 is 1.56 bits per heavy atom. The highest BCUT2D eigenvalue weighted by atomic mass is 15.0. The van der Waals surface area contributed by atoms with E-state index < -0.39 is 0 Å². The zero-order chi connectivity index (χ0) is 33.0. The fourth-order valence-electron chi connectivity index (χ4n) is 7.51. The summed E-state index contributed by atoms with van der Waals surface area (Å²) in [5.41, 5.74) is 13.3. The van der Waals surface area contributed by atoms with Crippen molar-refractivity contribution in [1.29, 1.82) is 0 Å². The molecular formula is C46H30N4. The average Bonchev–Trinajstić information content (AvgIpc) is 3.71. The molecule has 0 fully saturated rings. The first-order valence-electron chi connectivity index (χ1n) is 16.9. The summed E-state index contributed by atoms with van der Waals surface area (Å²) in [7, 11) is 0. The monoisotopic (exact) mass is 638 g/mol. The number of nitrogens with zero attached hydrogens (tertiary/aromatic N) is 4. The molecule has 0 saturated carbocycles. The molecule has 50 heavy (non-hydrogen) atoms. The highest BCUT2D eigenvalue weighted by Crippen LogP contribution is 2.39. The molecule has 0 aliphatic rings. The van der Waals surface area contributed by atoms with Gasteiger partial charge >= 0.3 is 0 Å². The van der Waals surface area contributed by atoms with Crippen LogP contribution in [0.1, 0.15) is 0 Å². The van der Waals surface area contributed by atoms with Crippen LogP contribution >= 0.6 is 0 Å². The van der Waals surface area contributed by atoms with Gasteiger partial charge in [-0.2, -0.15) is 0 Å². The van der Waals surface area contributed by atoms with Crippen molar-refractivity contribution in [2.45, 2.75) is 0 Å². The maximum absolute atomic E-state index is 5.12. The molecule has 10 rings (SSSR count). The minimum atomic E-state index is 0.911. The fourth-order valence-corrected chi connectivity index (χ4v) is 7.51. The summed E-state index contributed by atoms with van der Waals surface area (Å²) in [6.45, 7) is 0. The second kappa shape index (κ2) is 11.4. The molecule has 4 aromatic heterocycles. The number of pyridine rings is 2. The van der Waals surface area contributed by atoms with Gasteiger partial charge in [-0.15, -0.1) is 0 Å². The predicted molar refractivity (Wildman–Crippen MR) is 207 cm³/mol. The second-order valence-corrected chi connectivity index (χ2v) is 12.7. The molecular weight excluding hydrogens is 609 g/mol. The van der Waals surface area contributed by atoms with E-state index in [1.54, 1.807) is 0 Å². The van der Waals surface area contributed by atoms with Crippen LogP contribution in [0.3, 0.4) is 0 Å². The van der Waals surface area contributed by atoms with Gasteiger partial charge in [-0.3, -0.25) is 4.98 Å². The zero-order valence-electron chi connectivity index (χ0n) is 27.1. The highest BCUT2D eigenvalue weighted by molar-refractivity contribution is 6.12. The molecule has 4 heteroatoms. The first-order chi connectivity index (χ1) is 24.8. The van der Waals surface area contributed by atoms with Crippen LogP contribution in [0.4, 0.5) is 0 Å². The maximum atomic E-state index is 5.12. The minimum absolute atomic E-state index is 0.911. The van der Waals surface area contributed by atoms with Crippen molar-refractivity contribution >= 4 is 43.6 Å². The third-order valence-corrected chi connectivity index (χ3v) is 9.81. The molecule has 0 amide bonds. The van der Waals surface area contributed by atoms with E-state index >= 15 is 0 Å². The number of hydrogen-bond acceptors (Lipinski definition) is 2. The SMILES string of the molecule is c1ccc(-c2cc(-n3c4ccccc4c4cc(-c5ccc6c7ccccc7n(-c7ccccc7)c6c5)ccc43)cc(-c3ccncc3)n2)cc1. The Morgan fingerprint density at radius 2 is 0.840 bits per heavy atom. The van der Waals surface area contributed by atoms with Crippen LogP contribution < -0.4 is 0 Å². The number of para-hydroxylation sites is 3. The molecule has 0 aliphatic heterocycles. The molecule has 0 aliphatic carbocycles. The molecule has 4 nitrogen and oxygen atoms in total. The Morgan fingerprint density at radius 1 is 0.320 bits per heavy atom. The molecule has 0 bridgehead atoms. The van der Waals surface area contributed by atoms with Gasteiger partial charge in [-0.1, -0.05) is 103 Å². The van der Waals surface area contributed by atoms with E-state index in [1.165, 1.54) is 43.7 Å². The highest BCUT2D eigenvalue weighted by Gasteiger charge is 2.17. The van der Waals surface area contributed by atoms with E-state index in [1.807, 2.05) is 30.6 Å². The van der Waals surface area contributed by atoms with E-state index in [-0.39, 0.29) is 0 Å². The Balaban J connectivity index is 1.18. The second-order valence-electron chi connectivity index (χ2n) is 12.7. The Labute approximate surface area is 289 Å². The van der Waals surface area contributed by atoms with Crippen molar-refractivity contribution in [1.82, 2.24) is 19.1 Å². The fraction of sp³-hybridized carbons (Fsp3) is 0. The summed E-state index contributed by atoms with van der Waals surface area (Å²) in [6.07, 6.45) is 3.65. The summed E-state index contributed by atoms with van der Waals surface area (Å²) in [6, 6.07) is 60.7. The summed E-state index contributed by atoms with van der Waals surface area (Å²) >= 11 is 0. The van der Waals surface area contributed by atoms with Gasteiger partial charge < -0.3 is 9.13 Å². The molecule has 4 heterocycles. The van der Waals surface area contributed by atoms with Gasteiger partial charge in [-0.25, -0.2) is 4.98 Å². The molecule has 10 aromatic rings. The van der Waals surface area contributed by atoms with Crippen LogP contribution in [0.5, 0.6) is 0 Å². The smallest absolute Gasteiger partial charge is 0.0731 e. The molecule has 0 atom stereocenters. The van der Waals surface area contributed by atoms with Crippen molar-refractivity contribution in [3.63, 3.8) is 0 Å². The largest absolute Gasteiger partial charge is 0.309 e. The van der Waals surface area contributed by atoms with E-state index in [0.717, 1.165) is 44.9 Å². The molecule has 0 N–H and O–H groups in total. The van der Waals surface area contributed by atoms with Crippen LogP contribution in [-0.4, -0.2) is 19.1 Å². The van der Waals surface area contributed by atoms with Crippen LogP contribution in [0.2, 0.25) is 0 Å². The molecule has 6 aromatic carbocycles. The number of hydrogen-bond donors (Lipinski definition) is 0. The first kappa shape index (κ1) is 28.3. The lowest BCUT2D eigenvalue weighted by Crippen LogP contribution is -1.98. The van der Waals surface area contributed by atoms with E-state index in [2.05, 4.69) is 166 Å². The number of benzene rings is 6. The van der Waals surface area contributed by atoms with E-state index in [9.17, 15) is 0 Å². The van der Waals surface area contributed by atoms with E-state index in [0.29, 0.717) is 0 Å². The van der Waals surface area contributed by atoms with Gasteiger partial charge in [0, 0.05) is 50.8 Å². The summed E-state index contributed by atoms with van der Waals surface area (Å²) in [5.74, 6) is 0. The zero-order valence-corrected chi connectivity index (χ0v) is 27.1. The number of rotatable bonds is 5. The van der Waals surface area contributed by atoms with Crippen molar-refractivity contribution in [3.05, 3.63) is 182 Å². The lowest BCUT2D eigenvalue weighted by molar-refractivity contribution is 1.16. The van der Waals surface area contributed by atoms with Crippen LogP contribution in [0.25, 0.3) is 88.6 Å². The van der Waals surface area contributed by atoms with Crippen molar-refractivity contribution in [2.75, 3.05) is 0 Å². The lowest BCUT2D eigenvalue weighted by atomic mass is 10.0. The Hall–Kier alpha value is -6.78. The van der Waals surface area contributed by atoms with Crippen molar-refractivity contribution in [2.24, 2.45) is 0 Å². The van der Waals surface area contributed by atoms with Crippen LogP contribution in [-0.2, 0) is 0 Å². The van der Waals surface area contributed by atoms with Crippen LogP contribution in [0, 0.1) is 0 Å². The summed E-state index contributed by atoms with van der Waals surface area (Å²) < 4.78 is 4.76. The van der Waals surface area contributed by atoms with Gasteiger partial charge in [0.15, 0.2) is 0 Å².